The number of imide groups is 1. The van der Waals surface area contributed by atoms with Gasteiger partial charge in [0.1, 0.15) is 11.3 Å². The Morgan fingerprint density at radius 1 is 1.08 bits per heavy atom. The molecule has 134 valence electrons. The van der Waals surface area contributed by atoms with Crippen molar-refractivity contribution in [3.63, 3.8) is 0 Å². The summed E-state index contributed by atoms with van der Waals surface area (Å²) < 4.78 is 5.12. The molecule has 2 aromatic carbocycles. The Morgan fingerprint density at radius 2 is 1.69 bits per heavy atom. The van der Waals surface area contributed by atoms with Crippen LogP contribution in [0.3, 0.4) is 0 Å². The van der Waals surface area contributed by atoms with E-state index in [0.717, 1.165) is 10.5 Å². The second kappa shape index (κ2) is 6.63. The predicted octanol–water partition coefficient (Wildman–Crippen LogP) is 2.65. The molecule has 3 rings (SSSR count). The Hall–Kier alpha value is -3.15. The van der Waals surface area contributed by atoms with E-state index in [1.165, 1.54) is 0 Å². The van der Waals surface area contributed by atoms with E-state index in [1.807, 2.05) is 19.1 Å². The number of aryl methyl sites for hydroxylation is 1. The Kier molecular flexibility index (Phi) is 4.50. The van der Waals surface area contributed by atoms with Gasteiger partial charge in [0.25, 0.3) is 5.91 Å². The number of urea groups is 1. The maximum absolute atomic E-state index is 12.9. The van der Waals surface area contributed by atoms with Crippen LogP contribution in [0.25, 0.3) is 0 Å². The number of carbonyl (C=O) groups excluding carboxylic acids is 3. The third kappa shape index (κ3) is 3.06. The Morgan fingerprint density at radius 3 is 2.27 bits per heavy atom. The summed E-state index contributed by atoms with van der Waals surface area (Å²) in [6, 6.07) is 13.3. The summed E-state index contributed by atoms with van der Waals surface area (Å²) in [6.45, 7) is 3.26. The number of ketones is 1. The first-order valence-electron chi connectivity index (χ1n) is 8.23. The van der Waals surface area contributed by atoms with Crippen molar-refractivity contribution in [2.75, 3.05) is 13.7 Å². The highest BCUT2D eigenvalue weighted by Gasteiger charge is 2.49. The van der Waals surface area contributed by atoms with Crippen LogP contribution in [-0.2, 0) is 10.3 Å². The Balaban J connectivity index is 1.81. The quantitative estimate of drug-likeness (QED) is 0.663. The molecule has 0 radical (unpaired) electrons. The normalized spacial score (nSPS) is 19.4. The fraction of sp³-hybridized carbons (Fsp3) is 0.250. The van der Waals surface area contributed by atoms with Crippen LogP contribution in [0, 0.1) is 6.92 Å². The minimum atomic E-state index is -1.21. The standard InChI is InChI=1S/C20H20N2O4/c1-13-4-6-14(7-5-13)17(23)12-22-18(24)20(2,21-19(22)25)15-8-10-16(26-3)11-9-15/h4-11H,12H2,1-3H3,(H,21,25). The molecule has 2 aromatic rings. The fourth-order valence-electron chi connectivity index (χ4n) is 2.93. The molecule has 1 atom stereocenters. The maximum atomic E-state index is 12.9. The molecule has 6 heteroatoms. The van der Waals surface area contributed by atoms with Gasteiger partial charge in [-0.2, -0.15) is 0 Å². The number of rotatable bonds is 5. The van der Waals surface area contributed by atoms with Crippen LogP contribution >= 0.6 is 0 Å². The van der Waals surface area contributed by atoms with E-state index in [2.05, 4.69) is 5.32 Å². The molecular weight excluding hydrogens is 332 g/mol. The monoisotopic (exact) mass is 352 g/mol. The zero-order chi connectivity index (χ0) is 18.9. The first-order chi connectivity index (χ1) is 12.3. The van der Waals surface area contributed by atoms with E-state index in [4.69, 9.17) is 4.74 Å². The highest BCUT2D eigenvalue weighted by molar-refractivity contribution is 6.11. The zero-order valence-electron chi connectivity index (χ0n) is 14.9. The molecule has 0 aromatic heterocycles. The lowest BCUT2D eigenvalue weighted by Crippen LogP contribution is -2.41. The number of Topliss-reactive ketones (excluding diaryl/α,β-unsaturated/α-hetero) is 1. The van der Waals surface area contributed by atoms with Crippen LogP contribution in [-0.4, -0.2) is 36.3 Å². The van der Waals surface area contributed by atoms with E-state index in [1.54, 1.807) is 50.4 Å². The number of nitrogens with zero attached hydrogens (tertiary/aromatic N) is 1. The fourth-order valence-corrected chi connectivity index (χ4v) is 2.93. The minimum Gasteiger partial charge on any atom is -0.497 e. The molecule has 1 saturated heterocycles. The first kappa shape index (κ1) is 17.7. The van der Waals surface area contributed by atoms with Gasteiger partial charge in [0, 0.05) is 5.56 Å². The number of carbonyl (C=O) groups is 3. The van der Waals surface area contributed by atoms with Crippen LogP contribution in [0.15, 0.2) is 48.5 Å². The molecule has 6 nitrogen and oxygen atoms in total. The van der Waals surface area contributed by atoms with Gasteiger partial charge < -0.3 is 10.1 Å². The molecule has 0 aliphatic carbocycles. The van der Waals surface area contributed by atoms with Crippen molar-refractivity contribution in [1.29, 1.82) is 0 Å². The van der Waals surface area contributed by atoms with Gasteiger partial charge in [0.05, 0.1) is 13.7 Å². The van der Waals surface area contributed by atoms with Crippen molar-refractivity contribution in [3.8, 4) is 5.75 Å². The number of nitrogens with one attached hydrogen (secondary N) is 1. The molecule has 1 heterocycles. The summed E-state index contributed by atoms with van der Waals surface area (Å²) in [6.07, 6.45) is 0. The van der Waals surface area contributed by atoms with Gasteiger partial charge in [0.15, 0.2) is 5.78 Å². The molecule has 1 aliphatic rings. The summed E-state index contributed by atoms with van der Waals surface area (Å²) in [5, 5.41) is 2.69. The lowest BCUT2D eigenvalue weighted by molar-refractivity contribution is -0.130. The summed E-state index contributed by atoms with van der Waals surface area (Å²) >= 11 is 0. The van der Waals surface area contributed by atoms with Crippen molar-refractivity contribution in [3.05, 3.63) is 65.2 Å². The van der Waals surface area contributed by atoms with E-state index in [-0.39, 0.29) is 12.3 Å². The maximum Gasteiger partial charge on any atom is 0.325 e. The molecule has 0 bridgehead atoms. The van der Waals surface area contributed by atoms with Crippen molar-refractivity contribution in [2.45, 2.75) is 19.4 Å². The molecule has 1 fully saturated rings. The van der Waals surface area contributed by atoms with E-state index < -0.39 is 17.5 Å². The van der Waals surface area contributed by atoms with E-state index >= 15 is 0 Å². The van der Waals surface area contributed by atoms with Crippen LogP contribution in [0.4, 0.5) is 4.79 Å². The highest BCUT2D eigenvalue weighted by Crippen LogP contribution is 2.30. The smallest absolute Gasteiger partial charge is 0.325 e. The number of benzene rings is 2. The second-order valence-corrected chi connectivity index (χ2v) is 6.46. The highest BCUT2D eigenvalue weighted by atomic mass is 16.5. The van der Waals surface area contributed by atoms with Crippen molar-refractivity contribution in [2.24, 2.45) is 0 Å². The van der Waals surface area contributed by atoms with Crippen LogP contribution in [0.2, 0.25) is 0 Å². The number of hydrogen-bond donors (Lipinski definition) is 1. The van der Waals surface area contributed by atoms with Crippen LogP contribution in [0.5, 0.6) is 5.75 Å². The van der Waals surface area contributed by atoms with Gasteiger partial charge >= 0.3 is 6.03 Å². The summed E-state index contributed by atoms with van der Waals surface area (Å²) in [5.74, 6) is -0.0823. The van der Waals surface area contributed by atoms with E-state index in [0.29, 0.717) is 16.9 Å². The largest absolute Gasteiger partial charge is 0.497 e. The Bertz CT molecular complexity index is 858. The molecule has 1 unspecified atom stereocenters. The SMILES string of the molecule is COc1ccc(C2(C)NC(=O)N(CC(=O)c3ccc(C)cc3)C2=O)cc1. The molecule has 3 amide bonds. The van der Waals surface area contributed by atoms with Gasteiger partial charge in [-0.05, 0) is 31.5 Å². The molecule has 1 aliphatic heterocycles. The van der Waals surface area contributed by atoms with Gasteiger partial charge in [0.2, 0.25) is 0 Å². The first-order valence-corrected chi connectivity index (χ1v) is 8.23. The van der Waals surface area contributed by atoms with Gasteiger partial charge in [-0.3, -0.25) is 14.5 Å². The Labute approximate surface area is 151 Å². The van der Waals surface area contributed by atoms with Crippen molar-refractivity contribution < 1.29 is 19.1 Å². The summed E-state index contributed by atoms with van der Waals surface area (Å²) in [4.78, 5) is 38.6. The topological polar surface area (TPSA) is 75.7 Å². The minimum absolute atomic E-state index is 0.285. The molecule has 0 saturated carbocycles. The number of amides is 3. The molecule has 1 N–H and O–H groups in total. The third-order valence-electron chi connectivity index (χ3n) is 4.62. The van der Waals surface area contributed by atoms with Crippen LogP contribution in [0.1, 0.15) is 28.4 Å². The number of hydrogen-bond acceptors (Lipinski definition) is 4. The zero-order valence-corrected chi connectivity index (χ0v) is 14.9. The molecular formula is C20H20N2O4. The number of ether oxygens (including phenoxy) is 1. The molecule has 0 spiro atoms. The average molecular weight is 352 g/mol. The molecule has 26 heavy (non-hydrogen) atoms. The van der Waals surface area contributed by atoms with Gasteiger partial charge in [-0.15, -0.1) is 0 Å². The van der Waals surface area contributed by atoms with Crippen LogP contribution < -0.4 is 10.1 Å². The van der Waals surface area contributed by atoms with Crippen molar-refractivity contribution >= 4 is 17.7 Å². The third-order valence-corrected chi connectivity index (χ3v) is 4.62. The van der Waals surface area contributed by atoms with E-state index in [9.17, 15) is 14.4 Å². The summed E-state index contributed by atoms with van der Waals surface area (Å²) in [5.41, 5.74) is 0.913. The van der Waals surface area contributed by atoms with Gasteiger partial charge in [-0.25, -0.2) is 4.79 Å². The second-order valence-electron chi connectivity index (χ2n) is 6.46. The number of methoxy groups -OCH3 is 1. The predicted molar refractivity (Wildman–Crippen MR) is 96.1 cm³/mol. The lowest BCUT2D eigenvalue weighted by Gasteiger charge is -2.22. The average Bonchev–Trinajstić information content (AvgIpc) is 2.86. The van der Waals surface area contributed by atoms with Gasteiger partial charge in [-0.1, -0.05) is 42.0 Å². The summed E-state index contributed by atoms with van der Waals surface area (Å²) in [7, 11) is 1.55. The van der Waals surface area contributed by atoms with Crippen molar-refractivity contribution in [1.82, 2.24) is 10.2 Å². The lowest BCUT2D eigenvalue weighted by atomic mass is 9.92.